The van der Waals surface area contributed by atoms with Crippen LogP contribution in [0.2, 0.25) is 0 Å². The molecule has 2 rings (SSSR count). The summed E-state index contributed by atoms with van der Waals surface area (Å²) in [6.45, 7) is 2.03. The van der Waals surface area contributed by atoms with Gasteiger partial charge in [0.2, 0.25) is 5.90 Å². The summed E-state index contributed by atoms with van der Waals surface area (Å²) in [6.07, 6.45) is 3.99. The Bertz CT molecular complexity index is 412. The van der Waals surface area contributed by atoms with Crippen molar-refractivity contribution >= 4 is 21.8 Å². The molecule has 90 valence electrons. The van der Waals surface area contributed by atoms with Crippen LogP contribution in [0.5, 0.6) is 5.75 Å². The molecule has 0 fully saturated rings. The van der Waals surface area contributed by atoms with Gasteiger partial charge in [0.05, 0.1) is 6.54 Å². The Kier molecular flexibility index (Phi) is 4.62. The van der Waals surface area contributed by atoms with Gasteiger partial charge in [-0.15, -0.1) is 0 Å². The lowest BCUT2D eigenvalue weighted by molar-refractivity contribution is 0.348. The first kappa shape index (κ1) is 12.2. The zero-order valence-electron chi connectivity index (χ0n) is 9.43. The fourth-order valence-corrected chi connectivity index (χ4v) is 1.74. The predicted molar refractivity (Wildman–Crippen MR) is 72.2 cm³/mol. The number of halogens is 1. The normalized spacial score (nSPS) is 14.8. The van der Waals surface area contributed by atoms with Crippen molar-refractivity contribution in [3.05, 3.63) is 42.0 Å². The van der Waals surface area contributed by atoms with Gasteiger partial charge in [-0.3, -0.25) is 0 Å². The Balaban J connectivity index is 1.91. The van der Waals surface area contributed by atoms with Crippen LogP contribution in [-0.2, 0) is 4.74 Å². The third kappa shape index (κ3) is 3.60. The zero-order chi connectivity index (χ0) is 11.9. The van der Waals surface area contributed by atoms with Crippen molar-refractivity contribution in [2.45, 2.75) is 0 Å². The molecule has 0 unspecified atom stereocenters. The molecule has 0 atom stereocenters. The quantitative estimate of drug-likeness (QED) is 0.618. The number of rotatable bonds is 5. The standard InChI is InChI=1S/C13H14BrNO2/c14-7-1-2-9-16-12-5-3-11(4-6-12)13-15-8-10-17-13/h1-6H,7-10H2. The van der Waals surface area contributed by atoms with E-state index in [0.717, 1.165) is 29.1 Å². The van der Waals surface area contributed by atoms with E-state index >= 15 is 0 Å². The highest BCUT2D eigenvalue weighted by Crippen LogP contribution is 2.14. The molecule has 0 spiro atoms. The van der Waals surface area contributed by atoms with Crippen molar-refractivity contribution < 1.29 is 9.47 Å². The monoisotopic (exact) mass is 295 g/mol. The Labute approximate surface area is 109 Å². The molecule has 1 aromatic rings. The van der Waals surface area contributed by atoms with Gasteiger partial charge in [-0.2, -0.15) is 0 Å². The van der Waals surface area contributed by atoms with Gasteiger partial charge in [-0.25, -0.2) is 4.99 Å². The molecule has 0 bridgehead atoms. The number of benzene rings is 1. The predicted octanol–water partition coefficient (Wildman–Crippen LogP) is 2.79. The minimum atomic E-state index is 0.586. The third-order valence-corrected chi connectivity index (χ3v) is 2.66. The Morgan fingerprint density at radius 1 is 1.29 bits per heavy atom. The first-order valence-corrected chi connectivity index (χ1v) is 6.64. The summed E-state index contributed by atoms with van der Waals surface area (Å²) in [5, 5.41) is 0.854. The molecule has 1 heterocycles. The molecule has 0 N–H and O–H groups in total. The number of aliphatic imine (C=N–C) groups is 1. The van der Waals surface area contributed by atoms with E-state index in [1.54, 1.807) is 0 Å². The first-order valence-electron chi connectivity index (χ1n) is 5.51. The molecule has 1 aromatic carbocycles. The second kappa shape index (κ2) is 6.45. The summed E-state index contributed by atoms with van der Waals surface area (Å²) in [7, 11) is 0. The highest BCUT2D eigenvalue weighted by Gasteiger charge is 2.09. The van der Waals surface area contributed by atoms with Gasteiger partial charge in [0.1, 0.15) is 19.0 Å². The van der Waals surface area contributed by atoms with E-state index in [1.807, 2.05) is 36.4 Å². The number of alkyl halides is 1. The van der Waals surface area contributed by atoms with Gasteiger partial charge in [-0.1, -0.05) is 28.1 Å². The molecular formula is C13H14BrNO2. The largest absolute Gasteiger partial charge is 0.490 e. The Hall–Kier alpha value is -1.29. The van der Waals surface area contributed by atoms with Crippen LogP contribution in [-0.4, -0.2) is 31.0 Å². The summed E-state index contributed by atoms with van der Waals surface area (Å²) in [4.78, 5) is 4.26. The molecule has 17 heavy (non-hydrogen) atoms. The molecular weight excluding hydrogens is 282 g/mol. The second-order valence-electron chi connectivity index (χ2n) is 3.50. The molecule has 0 aliphatic carbocycles. The van der Waals surface area contributed by atoms with Gasteiger partial charge >= 0.3 is 0 Å². The Morgan fingerprint density at radius 3 is 2.76 bits per heavy atom. The minimum absolute atomic E-state index is 0.586. The molecule has 0 radical (unpaired) electrons. The maximum Gasteiger partial charge on any atom is 0.216 e. The van der Waals surface area contributed by atoms with Crippen LogP contribution in [0.1, 0.15) is 5.56 Å². The van der Waals surface area contributed by atoms with Crippen LogP contribution in [0.4, 0.5) is 0 Å². The number of hydrogen-bond acceptors (Lipinski definition) is 3. The summed E-state index contributed by atoms with van der Waals surface area (Å²) in [6, 6.07) is 7.80. The lowest BCUT2D eigenvalue weighted by atomic mass is 10.2. The molecule has 0 aromatic heterocycles. The fourth-order valence-electron chi connectivity index (χ4n) is 1.48. The molecule has 0 saturated heterocycles. The average Bonchev–Trinajstić information content (AvgIpc) is 2.89. The molecule has 0 amide bonds. The molecule has 1 aliphatic heterocycles. The minimum Gasteiger partial charge on any atom is -0.490 e. The van der Waals surface area contributed by atoms with E-state index in [2.05, 4.69) is 20.9 Å². The molecule has 4 heteroatoms. The van der Waals surface area contributed by atoms with E-state index in [0.29, 0.717) is 13.2 Å². The number of ether oxygens (including phenoxy) is 2. The van der Waals surface area contributed by atoms with Crippen molar-refractivity contribution in [3.63, 3.8) is 0 Å². The maximum absolute atomic E-state index is 5.54. The SMILES string of the molecule is BrCC=CCOc1ccc(C2=NCCO2)cc1. The van der Waals surface area contributed by atoms with E-state index in [4.69, 9.17) is 9.47 Å². The van der Waals surface area contributed by atoms with Crippen molar-refractivity contribution in [1.29, 1.82) is 0 Å². The van der Waals surface area contributed by atoms with Crippen LogP contribution in [0, 0.1) is 0 Å². The smallest absolute Gasteiger partial charge is 0.216 e. The number of allylic oxidation sites excluding steroid dienone is 1. The van der Waals surface area contributed by atoms with E-state index < -0.39 is 0 Å². The summed E-state index contributed by atoms with van der Waals surface area (Å²) in [5.41, 5.74) is 1.01. The fraction of sp³-hybridized carbons (Fsp3) is 0.308. The van der Waals surface area contributed by atoms with Crippen molar-refractivity contribution in [1.82, 2.24) is 0 Å². The van der Waals surface area contributed by atoms with Crippen molar-refractivity contribution in [3.8, 4) is 5.75 Å². The zero-order valence-corrected chi connectivity index (χ0v) is 11.0. The highest BCUT2D eigenvalue weighted by molar-refractivity contribution is 9.09. The van der Waals surface area contributed by atoms with Crippen molar-refractivity contribution in [2.24, 2.45) is 4.99 Å². The summed E-state index contributed by atoms with van der Waals surface area (Å²) < 4.78 is 10.9. The van der Waals surface area contributed by atoms with Gasteiger partial charge in [-0.05, 0) is 24.3 Å². The average molecular weight is 296 g/mol. The lowest BCUT2D eigenvalue weighted by Crippen LogP contribution is -2.01. The lowest BCUT2D eigenvalue weighted by Gasteiger charge is -2.05. The van der Waals surface area contributed by atoms with Crippen LogP contribution < -0.4 is 4.74 Å². The molecule has 1 aliphatic rings. The topological polar surface area (TPSA) is 30.8 Å². The van der Waals surface area contributed by atoms with Crippen molar-refractivity contribution in [2.75, 3.05) is 25.1 Å². The van der Waals surface area contributed by atoms with Gasteiger partial charge < -0.3 is 9.47 Å². The molecule has 0 saturated carbocycles. The van der Waals surface area contributed by atoms with Crippen LogP contribution in [0.3, 0.4) is 0 Å². The van der Waals surface area contributed by atoms with Gasteiger partial charge in [0.15, 0.2) is 0 Å². The van der Waals surface area contributed by atoms with Crippen LogP contribution >= 0.6 is 15.9 Å². The first-order chi connectivity index (χ1) is 8.40. The number of hydrogen-bond donors (Lipinski definition) is 0. The number of nitrogens with zero attached hydrogens (tertiary/aromatic N) is 1. The van der Waals surface area contributed by atoms with E-state index in [1.165, 1.54) is 0 Å². The van der Waals surface area contributed by atoms with Crippen LogP contribution in [0.15, 0.2) is 41.4 Å². The van der Waals surface area contributed by atoms with Crippen LogP contribution in [0.25, 0.3) is 0 Å². The van der Waals surface area contributed by atoms with Gasteiger partial charge in [0.25, 0.3) is 0 Å². The highest BCUT2D eigenvalue weighted by atomic mass is 79.9. The van der Waals surface area contributed by atoms with E-state index in [9.17, 15) is 0 Å². The third-order valence-electron chi connectivity index (χ3n) is 2.29. The second-order valence-corrected chi connectivity index (χ2v) is 4.14. The molecule has 3 nitrogen and oxygen atoms in total. The van der Waals surface area contributed by atoms with Gasteiger partial charge in [0, 0.05) is 10.9 Å². The summed E-state index contributed by atoms with van der Waals surface area (Å²) >= 11 is 3.31. The van der Waals surface area contributed by atoms with E-state index in [-0.39, 0.29) is 0 Å². The maximum atomic E-state index is 5.54. The Morgan fingerprint density at radius 2 is 2.12 bits per heavy atom. The summed E-state index contributed by atoms with van der Waals surface area (Å²) in [5.74, 6) is 1.59.